The van der Waals surface area contributed by atoms with E-state index in [1.807, 2.05) is 0 Å². The summed E-state index contributed by atoms with van der Waals surface area (Å²) in [7, 11) is 0. The molecule has 4 aromatic rings. The Balaban J connectivity index is 1.78. The van der Waals surface area contributed by atoms with Crippen LogP contribution >= 0.6 is 11.6 Å². The molecule has 0 aliphatic rings. The molecule has 0 unspecified atom stereocenters. The maximum Gasteiger partial charge on any atom is 0.437 e. The van der Waals surface area contributed by atoms with Crippen LogP contribution in [0.4, 0.5) is 17.6 Å². The van der Waals surface area contributed by atoms with Gasteiger partial charge < -0.3 is 4.74 Å². The molecule has 0 saturated carbocycles. The fourth-order valence-electron chi connectivity index (χ4n) is 3.51. The first-order valence-electron chi connectivity index (χ1n) is 10.4. The SMILES string of the molecule is Cc1cc(F)ccc1-c1cc(Cn2cnc(C(F)(F)F)c(Oc3cc(Cl)cc(C#N)c3)c2=O)n[nH]c1=O. The number of benzene rings is 2. The van der Waals surface area contributed by atoms with Crippen molar-refractivity contribution in [3.63, 3.8) is 0 Å². The van der Waals surface area contributed by atoms with E-state index in [0.717, 1.165) is 16.7 Å². The molecule has 0 aliphatic heterocycles. The van der Waals surface area contributed by atoms with Crippen LogP contribution < -0.4 is 15.9 Å². The molecule has 0 bridgehead atoms. The molecule has 0 amide bonds. The molecule has 0 aliphatic carbocycles. The second kappa shape index (κ2) is 9.87. The van der Waals surface area contributed by atoms with Crippen LogP contribution in [0.5, 0.6) is 11.5 Å². The zero-order chi connectivity index (χ0) is 26.9. The maximum absolute atomic E-state index is 13.6. The van der Waals surface area contributed by atoms with Gasteiger partial charge in [-0.15, -0.1) is 0 Å². The van der Waals surface area contributed by atoms with Gasteiger partial charge >= 0.3 is 6.18 Å². The number of hydrogen-bond acceptors (Lipinski definition) is 6. The Labute approximate surface area is 210 Å². The average Bonchev–Trinajstić information content (AvgIpc) is 2.82. The average molecular weight is 532 g/mol. The Hall–Kier alpha value is -4.50. The second-order valence-electron chi connectivity index (χ2n) is 7.80. The van der Waals surface area contributed by atoms with Crippen molar-refractivity contribution in [2.24, 2.45) is 0 Å². The van der Waals surface area contributed by atoms with Gasteiger partial charge in [0.25, 0.3) is 11.1 Å². The third kappa shape index (κ3) is 5.52. The van der Waals surface area contributed by atoms with Crippen molar-refractivity contribution in [1.29, 1.82) is 5.26 Å². The van der Waals surface area contributed by atoms with Gasteiger partial charge in [-0.3, -0.25) is 14.2 Å². The Morgan fingerprint density at radius 2 is 1.89 bits per heavy atom. The summed E-state index contributed by atoms with van der Waals surface area (Å²) in [6, 6.07) is 10.4. The monoisotopic (exact) mass is 531 g/mol. The molecule has 188 valence electrons. The third-order valence-corrected chi connectivity index (χ3v) is 5.37. The first-order chi connectivity index (χ1) is 17.5. The van der Waals surface area contributed by atoms with E-state index in [1.54, 1.807) is 13.0 Å². The van der Waals surface area contributed by atoms with Gasteiger partial charge in [-0.05, 0) is 54.4 Å². The minimum Gasteiger partial charge on any atom is -0.449 e. The number of ether oxygens (including phenoxy) is 1. The Kier molecular flexibility index (Phi) is 6.82. The Morgan fingerprint density at radius 1 is 1.14 bits per heavy atom. The van der Waals surface area contributed by atoms with E-state index in [4.69, 9.17) is 21.6 Å². The van der Waals surface area contributed by atoms with Crippen molar-refractivity contribution in [3.05, 3.63) is 103 Å². The van der Waals surface area contributed by atoms with Crippen LogP contribution in [0.15, 0.2) is 58.4 Å². The molecule has 0 saturated heterocycles. The van der Waals surface area contributed by atoms with Gasteiger partial charge in [0.15, 0.2) is 5.69 Å². The highest BCUT2D eigenvalue weighted by molar-refractivity contribution is 6.30. The van der Waals surface area contributed by atoms with E-state index >= 15 is 0 Å². The molecular weight excluding hydrogens is 518 g/mol. The lowest BCUT2D eigenvalue weighted by atomic mass is 10.0. The largest absolute Gasteiger partial charge is 0.449 e. The van der Waals surface area contributed by atoms with E-state index in [9.17, 15) is 27.2 Å². The number of nitriles is 1. The van der Waals surface area contributed by atoms with Gasteiger partial charge in [0.2, 0.25) is 5.75 Å². The van der Waals surface area contributed by atoms with Crippen LogP contribution in [-0.4, -0.2) is 19.7 Å². The molecule has 2 aromatic carbocycles. The molecule has 2 heterocycles. The molecular formula is C24H14ClF4N5O3. The van der Waals surface area contributed by atoms with Crippen LogP contribution in [0.1, 0.15) is 22.5 Å². The van der Waals surface area contributed by atoms with Gasteiger partial charge in [-0.1, -0.05) is 17.7 Å². The van der Waals surface area contributed by atoms with Crippen molar-refractivity contribution in [1.82, 2.24) is 19.7 Å². The number of H-pyrrole nitrogens is 1. The number of rotatable bonds is 5. The lowest BCUT2D eigenvalue weighted by molar-refractivity contribution is -0.142. The van der Waals surface area contributed by atoms with E-state index in [0.29, 0.717) is 17.5 Å². The summed E-state index contributed by atoms with van der Waals surface area (Å²) in [5.74, 6) is -1.91. The lowest BCUT2D eigenvalue weighted by Crippen LogP contribution is -2.27. The molecule has 0 radical (unpaired) electrons. The van der Waals surface area contributed by atoms with Crippen molar-refractivity contribution >= 4 is 11.6 Å². The van der Waals surface area contributed by atoms with E-state index in [-0.39, 0.29) is 34.1 Å². The highest BCUT2D eigenvalue weighted by Gasteiger charge is 2.38. The molecule has 0 spiro atoms. The first kappa shape index (κ1) is 25.6. The van der Waals surface area contributed by atoms with Gasteiger partial charge in [-0.2, -0.15) is 23.5 Å². The van der Waals surface area contributed by atoms with Crippen molar-refractivity contribution in [3.8, 4) is 28.7 Å². The summed E-state index contributed by atoms with van der Waals surface area (Å²) in [6.07, 6.45) is -4.36. The van der Waals surface area contributed by atoms with Crippen LogP contribution in [-0.2, 0) is 12.7 Å². The number of aryl methyl sites for hydroxylation is 1. The number of alkyl halides is 3. The zero-order valence-corrected chi connectivity index (χ0v) is 19.5. The quantitative estimate of drug-likeness (QED) is 0.369. The fourth-order valence-corrected chi connectivity index (χ4v) is 3.74. The second-order valence-corrected chi connectivity index (χ2v) is 8.24. The summed E-state index contributed by atoms with van der Waals surface area (Å²) in [5.41, 5.74) is -2.28. The summed E-state index contributed by atoms with van der Waals surface area (Å²) in [6.45, 7) is 1.21. The highest BCUT2D eigenvalue weighted by Crippen LogP contribution is 2.35. The molecule has 4 rings (SSSR count). The van der Waals surface area contributed by atoms with Crippen LogP contribution in [0, 0.1) is 24.1 Å². The van der Waals surface area contributed by atoms with E-state index < -0.39 is 34.6 Å². The molecule has 1 N–H and O–H groups in total. The number of hydrogen-bond donors (Lipinski definition) is 1. The highest BCUT2D eigenvalue weighted by atomic mass is 35.5. The van der Waals surface area contributed by atoms with Crippen LogP contribution in [0.25, 0.3) is 11.1 Å². The third-order valence-electron chi connectivity index (χ3n) is 5.15. The summed E-state index contributed by atoms with van der Waals surface area (Å²) >= 11 is 5.89. The maximum atomic E-state index is 13.6. The van der Waals surface area contributed by atoms with E-state index in [2.05, 4.69) is 15.2 Å². The van der Waals surface area contributed by atoms with Crippen molar-refractivity contribution in [2.45, 2.75) is 19.6 Å². The smallest absolute Gasteiger partial charge is 0.437 e. The topological polar surface area (TPSA) is 114 Å². The van der Waals surface area contributed by atoms with Gasteiger partial charge in [0.1, 0.15) is 11.6 Å². The molecule has 0 atom stereocenters. The number of halogens is 5. The number of aromatic amines is 1. The van der Waals surface area contributed by atoms with Gasteiger partial charge in [0, 0.05) is 5.02 Å². The van der Waals surface area contributed by atoms with Crippen LogP contribution in [0.3, 0.4) is 0 Å². The molecule has 37 heavy (non-hydrogen) atoms. The standard InChI is InChI=1S/C24H14ClF4N5O3/c1-12-4-15(26)2-3-18(12)19-8-16(32-33-22(19)35)10-34-11-31-21(24(27,28)29)20(23(34)36)37-17-6-13(9-30)5-14(25)7-17/h2-8,11H,10H2,1H3,(H,33,35). The minimum atomic E-state index is -5.03. The van der Waals surface area contributed by atoms with Crippen molar-refractivity contribution < 1.29 is 22.3 Å². The molecule has 2 aromatic heterocycles. The lowest BCUT2D eigenvalue weighted by Gasteiger charge is -2.15. The van der Waals surface area contributed by atoms with Gasteiger partial charge in [-0.25, -0.2) is 14.5 Å². The normalized spacial score (nSPS) is 11.3. The predicted molar refractivity (Wildman–Crippen MR) is 124 cm³/mol. The number of aromatic nitrogens is 4. The van der Waals surface area contributed by atoms with E-state index in [1.165, 1.54) is 30.3 Å². The molecule has 8 nitrogen and oxygen atoms in total. The molecule has 0 fully saturated rings. The first-order valence-corrected chi connectivity index (χ1v) is 10.7. The number of nitrogens with one attached hydrogen (secondary N) is 1. The Morgan fingerprint density at radius 3 is 2.57 bits per heavy atom. The molecule has 13 heteroatoms. The Bertz CT molecular complexity index is 1680. The summed E-state index contributed by atoms with van der Waals surface area (Å²) in [4.78, 5) is 28.8. The fraction of sp³-hybridized carbons (Fsp3) is 0.125. The summed E-state index contributed by atoms with van der Waals surface area (Å²) in [5, 5.41) is 15.2. The zero-order valence-electron chi connectivity index (χ0n) is 18.7. The van der Waals surface area contributed by atoms with Crippen molar-refractivity contribution in [2.75, 3.05) is 0 Å². The number of nitrogens with zero attached hydrogens (tertiary/aromatic N) is 4. The summed E-state index contributed by atoms with van der Waals surface area (Å²) < 4.78 is 60.4. The van der Waals surface area contributed by atoms with Gasteiger partial charge in [0.05, 0.1) is 35.8 Å². The minimum absolute atomic E-state index is 0.00123. The predicted octanol–water partition coefficient (Wildman–Crippen LogP) is 4.83. The van der Waals surface area contributed by atoms with Crippen LogP contribution in [0.2, 0.25) is 5.02 Å².